The van der Waals surface area contributed by atoms with Crippen LogP contribution in [0, 0.1) is 6.92 Å². The van der Waals surface area contributed by atoms with Crippen LogP contribution in [0.3, 0.4) is 0 Å². The Balaban J connectivity index is 0.000000774. The minimum Gasteiger partial charge on any atom is -0.316 e. The van der Waals surface area contributed by atoms with Crippen LogP contribution < -0.4 is 5.32 Å². The lowest BCUT2D eigenvalue weighted by Crippen LogP contribution is -2.12. The van der Waals surface area contributed by atoms with Crippen LogP contribution in [0.5, 0.6) is 0 Å². The summed E-state index contributed by atoms with van der Waals surface area (Å²) in [6, 6.07) is 7.53. The van der Waals surface area contributed by atoms with Crippen molar-refractivity contribution >= 4 is 39.6 Å². The van der Waals surface area contributed by atoms with E-state index in [1.54, 1.807) is 0 Å². The largest absolute Gasteiger partial charge is 0.316 e. The van der Waals surface area contributed by atoms with E-state index in [9.17, 15) is 4.79 Å². The Hall–Kier alpha value is -1.65. The molecule has 21 heavy (non-hydrogen) atoms. The van der Waals surface area contributed by atoms with E-state index in [4.69, 9.17) is 11.6 Å². The second kappa shape index (κ2) is 6.87. The maximum atomic E-state index is 11.7. The molecule has 0 unspecified atom stereocenters. The molecular weight excluding hydrogens is 304 g/mol. The molecular formula is C16H17ClN2OS. The van der Waals surface area contributed by atoms with Crippen molar-refractivity contribution in [2.75, 3.05) is 11.9 Å². The summed E-state index contributed by atoms with van der Waals surface area (Å²) in [5, 5.41) is 6.48. The number of carbonyl (C=O) groups excluding carboxylic acids is 1. The molecule has 0 radical (unpaired) electrons. The van der Waals surface area contributed by atoms with Gasteiger partial charge in [-0.2, -0.15) is 0 Å². The van der Waals surface area contributed by atoms with Gasteiger partial charge < -0.3 is 5.32 Å². The second-order valence-electron chi connectivity index (χ2n) is 4.34. The molecule has 1 aliphatic heterocycles. The first-order valence-electron chi connectivity index (χ1n) is 6.84. The Morgan fingerprint density at radius 2 is 1.90 bits per heavy atom. The molecule has 0 bridgehead atoms. The third kappa shape index (κ3) is 3.34. The number of nitrogens with zero attached hydrogens (tertiary/aromatic N) is 1. The quantitative estimate of drug-likeness (QED) is 0.824. The minimum absolute atomic E-state index is 0.0768. The number of benzene rings is 1. The SMILES string of the molecule is CC.Cc1csc2c1C(c1ccc(Cl)cc1)=NCC(=O)N2. The third-order valence-electron chi connectivity index (χ3n) is 2.96. The molecule has 1 amide bonds. The van der Waals surface area contributed by atoms with Gasteiger partial charge >= 0.3 is 0 Å². The fourth-order valence-corrected chi connectivity index (χ4v) is 3.16. The minimum atomic E-state index is -0.0768. The Morgan fingerprint density at radius 3 is 2.57 bits per heavy atom. The number of halogens is 1. The molecule has 2 aromatic rings. The monoisotopic (exact) mass is 320 g/mol. The Labute approximate surface area is 133 Å². The van der Waals surface area contributed by atoms with Crippen LogP contribution in [0.1, 0.15) is 30.5 Å². The predicted octanol–water partition coefficient (Wildman–Crippen LogP) is 4.53. The highest BCUT2D eigenvalue weighted by Gasteiger charge is 2.21. The van der Waals surface area contributed by atoms with E-state index in [1.807, 2.05) is 50.4 Å². The molecule has 3 rings (SSSR count). The van der Waals surface area contributed by atoms with Gasteiger partial charge in [-0.05, 0) is 30.0 Å². The van der Waals surface area contributed by atoms with Crippen LogP contribution in [-0.2, 0) is 4.79 Å². The first-order chi connectivity index (χ1) is 10.1. The Morgan fingerprint density at radius 1 is 1.24 bits per heavy atom. The van der Waals surface area contributed by atoms with E-state index in [1.165, 1.54) is 11.3 Å². The number of aliphatic imine (C=N–C) groups is 1. The number of aryl methyl sites for hydroxylation is 1. The fraction of sp³-hybridized carbons (Fsp3) is 0.250. The summed E-state index contributed by atoms with van der Waals surface area (Å²) in [5.74, 6) is -0.0768. The van der Waals surface area contributed by atoms with Crippen molar-refractivity contribution < 1.29 is 4.79 Å². The molecule has 0 atom stereocenters. The van der Waals surface area contributed by atoms with Crippen LogP contribution in [-0.4, -0.2) is 18.2 Å². The Kier molecular flexibility index (Phi) is 5.15. The van der Waals surface area contributed by atoms with Crippen molar-refractivity contribution in [3.8, 4) is 0 Å². The molecule has 0 fully saturated rings. The van der Waals surface area contributed by atoms with Crippen molar-refractivity contribution in [2.45, 2.75) is 20.8 Å². The number of hydrogen-bond donors (Lipinski definition) is 1. The summed E-state index contributed by atoms with van der Waals surface area (Å²) in [7, 11) is 0. The zero-order valence-corrected chi connectivity index (χ0v) is 13.8. The number of amides is 1. The number of nitrogens with one attached hydrogen (secondary N) is 1. The second-order valence-corrected chi connectivity index (χ2v) is 5.66. The van der Waals surface area contributed by atoms with Crippen molar-refractivity contribution in [3.05, 3.63) is 51.4 Å². The predicted molar refractivity (Wildman–Crippen MR) is 91.0 cm³/mol. The average Bonchev–Trinajstić information content (AvgIpc) is 2.75. The van der Waals surface area contributed by atoms with Crippen molar-refractivity contribution in [1.29, 1.82) is 0 Å². The zero-order valence-electron chi connectivity index (χ0n) is 12.2. The first kappa shape index (κ1) is 15.7. The van der Waals surface area contributed by atoms with E-state index in [0.29, 0.717) is 5.02 Å². The molecule has 0 saturated heterocycles. The van der Waals surface area contributed by atoms with Gasteiger partial charge in [-0.15, -0.1) is 11.3 Å². The van der Waals surface area contributed by atoms with E-state index in [0.717, 1.165) is 27.4 Å². The number of rotatable bonds is 1. The maximum absolute atomic E-state index is 11.7. The summed E-state index contributed by atoms with van der Waals surface area (Å²) in [6.07, 6.45) is 0. The molecule has 1 N–H and O–H groups in total. The molecule has 0 aliphatic carbocycles. The van der Waals surface area contributed by atoms with Crippen molar-refractivity contribution in [3.63, 3.8) is 0 Å². The van der Waals surface area contributed by atoms with Gasteiger partial charge in [0.25, 0.3) is 0 Å². The highest BCUT2D eigenvalue weighted by Crippen LogP contribution is 2.32. The van der Waals surface area contributed by atoms with Gasteiger partial charge in [-0.3, -0.25) is 9.79 Å². The average molecular weight is 321 g/mol. The zero-order chi connectivity index (χ0) is 15.4. The number of hydrogen-bond acceptors (Lipinski definition) is 3. The van der Waals surface area contributed by atoms with Crippen LogP contribution >= 0.6 is 22.9 Å². The van der Waals surface area contributed by atoms with Crippen LogP contribution in [0.4, 0.5) is 5.00 Å². The maximum Gasteiger partial charge on any atom is 0.246 e. The third-order valence-corrected chi connectivity index (χ3v) is 4.23. The number of carbonyl (C=O) groups is 1. The van der Waals surface area contributed by atoms with Crippen molar-refractivity contribution in [2.24, 2.45) is 4.99 Å². The van der Waals surface area contributed by atoms with Gasteiger partial charge in [-0.25, -0.2) is 0 Å². The van der Waals surface area contributed by atoms with E-state index in [-0.39, 0.29) is 12.5 Å². The van der Waals surface area contributed by atoms with Crippen LogP contribution in [0.25, 0.3) is 0 Å². The highest BCUT2D eigenvalue weighted by molar-refractivity contribution is 7.15. The highest BCUT2D eigenvalue weighted by atomic mass is 35.5. The molecule has 1 aromatic carbocycles. The summed E-state index contributed by atoms with van der Waals surface area (Å²) in [5.41, 5.74) is 3.96. The molecule has 5 heteroatoms. The standard InChI is InChI=1S/C14H11ClN2OS.C2H6/c1-8-7-19-14-12(8)13(16-6-11(18)17-14)9-2-4-10(15)5-3-9;1-2/h2-5,7H,6H2,1H3,(H,17,18);1-2H3. The van der Waals surface area contributed by atoms with Gasteiger partial charge in [0.15, 0.2) is 0 Å². The topological polar surface area (TPSA) is 41.5 Å². The lowest BCUT2D eigenvalue weighted by Gasteiger charge is -2.07. The molecule has 1 aliphatic rings. The lowest BCUT2D eigenvalue weighted by molar-refractivity contribution is -0.114. The summed E-state index contributed by atoms with van der Waals surface area (Å²) in [6.45, 7) is 6.18. The molecule has 0 spiro atoms. The van der Waals surface area contributed by atoms with Gasteiger partial charge in [0.05, 0.1) is 5.71 Å². The van der Waals surface area contributed by atoms with Gasteiger partial charge in [0.2, 0.25) is 5.91 Å². The summed E-state index contributed by atoms with van der Waals surface area (Å²) < 4.78 is 0. The van der Waals surface area contributed by atoms with E-state index < -0.39 is 0 Å². The first-order valence-corrected chi connectivity index (χ1v) is 8.09. The van der Waals surface area contributed by atoms with E-state index in [2.05, 4.69) is 10.3 Å². The van der Waals surface area contributed by atoms with Gasteiger partial charge in [0.1, 0.15) is 11.5 Å². The lowest BCUT2D eigenvalue weighted by atomic mass is 10.0. The number of anilines is 1. The smallest absolute Gasteiger partial charge is 0.246 e. The molecule has 1 aromatic heterocycles. The van der Waals surface area contributed by atoms with Gasteiger partial charge in [0, 0.05) is 16.1 Å². The molecule has 2 heterocycles. The van der Waals surface area contributed by atoms with Crippen LogP contribution in [0.15, 0.2) is 34.6 Å². The molecule has 0 saturated carbocycles. The number of fused-ring (bicyclic) bond motifs is 1. The summed E-state index contributed by atoms with van der Waals surface area (Å²) in [4.78, 5) is 16.1. The normalized spacial score (nSPS) is 13.3. The molecule has 3 nitrogen and oxygen atoms in total. The van der Waals surface area contributed by atoms with Crippen molar-refractivity contribution in [1.82, 2.24) is 0 Å². The number of thiophene rings is 1. The van der Waals surface area contributed by atoms with Gasteiger partial charge in [-0.1, -0.05) is 37.6 Å². The fourth-order valence-electron chi connectivity index (χ4n) is 2.07. The van der Waals surface area contributed by atoms with E-state index >= 15 is 0 Å². The summed E-state index contributed by atoms with van der Waals surface area (Å²) >= 11 is 7.44. The Bertz CT molecular complexity index is 674. The van der Waals surface area contributed by atoms with Crippen LogP contribution in [0.2, 0.25) is 5.02 Å². The molecule has 110 valence electrons.